The van der Waals surface area contributed by atoms with Crippen LogP contribution in [0.4, 0.5) is 0 Å². The molecule has 6 nitrogen and oxygen atoms in total. The lowest BCUT2D eigenvalue weighted by molar-refractivity contribution is -0.0865. The fraction of sp³-hybridized carbons (Fsp3) is 0.429. The van der Waals surface area contributed by atoms with Gasteiger partial charge in [0.15, 0.2) is 11.4 Å². The molecule has 2 atom stereocenters. The minimum Gasteiger partial charge on any atom is -0.490 e. The summed E-state index contributed by atoms with van der Waals surface area (Å²) in [6, 6.07) is 13.6. The zero-order valence-electron chi connectivity index (χ0n) is 15.7. The Balaban J connectivity index is 0.00000225. The number of benzene rings is 1. The first kappa shape index (κ1) is 20.6. The third-order valence-electron chi connectivity index (χ3n) is 5.08. The van der Waals surface area contributed by atoms with Gasteiger partial charge in [0.25, 0.3) is 5.91 Å². The Morgan fingerprint density at radius 1 is 1.18 bits per heavy atom. The van der Waals surface area contributed by atoms with Crippen molar-refractivity contribution >= 4 is 18.3 Å². The molecule has 7 heteroatoms. The monoisotopic (exact) mass is 403 g/mol. The van der Waals surface area contributed by atoms with E-state index in [9.17, 15) is 4.79 Å². The van der Waals surface area contributed by atoms with E-state index in [2.05, 4.69) is 17.1 Å². The fourth-order valence-corrected chi connectivity index (χ4v) is 3.52. The molecule has 2 N–H and O–H groups in total. The minimum absolute atomic E-state index is 0. The summed E-state index contributed by atoms with van der Waals surface area (Å²) < 4.78 is 12.0. The number of nitrogens with zero attached hydrogens (tertiary/aromatic N) is 2. The molecule has 0 spiro atoms. The Kier molecular flexibility index (Phi) is 6.88. The summed E-state index contributed by atoms with van der Waals surface area (Å²) in [6.45, 7) is 1.85. The lowest BCUT2D eigenvalue weighted by Gasteiger charge is -2.38. The number of pyridine rings is 1. The van der Waals surface area contributed by atoms with E-state index in [0.717, 1.165) is 5.56 Å². The molecule has 1 aromatic carbocycles. The van der Waals surface area contributed by atoms with Gasteiger partial charge < -0.3 is 20.1 Å². The van der Waals surface area contributed by atoms with Crippen LogP contribution in [0.15, 0.2) is 48.7 Å². The maximum Gasteiger partial charge on any atom is 0.276 e. The number of aromatic nitrogens is 1. The molecule has 2 fully saturated rings. The van der Waals surface area contributed by atoms with Crippen LogP contribution in [-0.2, 0) is 4.74 Å². The Morgan fingerprint density at radius 2 is 1.96 bits per heavy atom. The van der Waals surface area contributed by atoms with E-state index in [1.54, 1.807) is 18.3 Å². The van der Waals surface area contributed by atoms with E-state index < -0.39 is 0 Å². The molecule has 1 aromatic heterocycles. The summed E-state index contributed by atoms with van der Waals surface area (Å²) in [6.07, 6.45) is 3.91. The maximum absolute atomic E-state index is 13.2. The van der Waals surface area contributed by atoms with Crippen molar-refractivity contribution in [3.63, 3.8) is 0 Å². The normalized spacial score (nSPS) is 21.7. The average Bonchev–Trinajstić information content (AvgIpc) is 3.58. The second-order valence-corrected chi connectivity index (χ2v) is 7.11. The molecular weight excluding hydrogens is 378 g/mol. The lowest BCUT2D eigenvalue weighted by Crippen LogP contribution is -2.48. The topological polar surface area (TPSA) is 77.7 Å². The summed E-state index contributed by atoms with van der Waals surface area (Å²) >= 11 is 0. The molecule has 2 aromatic rings. The van der Waals surface area contributed by atoms with E-state index >= 15 is 0 Å². The highest BCUT2D eigenvalue weighted by molar-refractivity contribution is 5.95. The molecule has 4 rings (SSSR count). The minimum atomic E-state index is -0.119. The van der Waals surface area contributed by atoms with Crippen LogP contribution in [0.25, 0.3) is 0 Å². The molecular formula is C21H26ClN3O3. The molecule has 150 valence electrons. The van der Waals surface area contributed by atoms with E-state index in [-0.39, 0.29) is 30.5 Å². The van der Waals surface area contributed by atoms with E-state index in [1.807, 2.05) is 23.1 Å². The second kappa shape index (κ2) is 9.37. The summed E-state index contributed by atoms with van der Waals surface area (Å²) in [5.41, 5.74) is 6.97. The number of halogens is 1. The van der Waals surface area contributed by atoms with Gasteiger partial charge in [-0.25, -0.2) is 4.98 Å². The van der Waals surface area contributed by atoms with Gasteiger partial charge in [-0.2, -0.15) is 0 Å². The van der Waals surface area contributed by atoms with E-state index in [1.165, 1.54) is 12.8 Å². The zero-order valence-corrected chi connectivity index (χ0v) is 16.5. The quantitative estimate of drug-likeness (QED) is 0.802. The highest BCUT2D eigenvalue weighted by Gasteiger charge is 2.40. The van der Waals surface area contributed by atoms with Crippen molar-refractivity contribution in [3.05, 3.63) is 59.9 Å². The molecule has 0 radical (unpaired) electrons. The Hall–Kier alpha value is -2.15. The molecule has 1 saturated carbocycles. The van der Waals surface area contributed by atoms with Crippen LogP contribution < -0.4 is 10.5 Å². The van der Waals surface area contributed by atoms with Crippen molar-refractivity contribution in [2.45, 2.75) is 25.0 Å². The van der Waals surface area contributed by atoms with Gasteiger partial charge in [0.1, 0.15) is 12.7 Å². The third kappa shape index (κ3) is 4.63. The van der Waals surface area contributed by atoms with E-state index in [0.29, 0.717) is 43.6 Å². The first-order valence-electron chi connectivity index (χ1n) is 9.54. The van der Waals surface area contributed by atoms with Crippen LogP contribution in [0.2, 0.25) is 0 Å². The maximum atomic E-state index is 13.2. The van der Waals surface area contributed by atoms with E-state index in [4.69, 9.17) is 15.2 Å². The number of rotatable bonds is 6. The predicted molar refractivity (Wildman–Crippen MR) is 109 cm³/mol. The van der Waals surface area contributed by atoms with Gasteiger partial charge in [0, 0.05) is 19.3 Å². The van der Waals surface area contributed by atoms with Gasteiger partial charge in [-0.05, 0) is 36.5 Å². The molecule has 0 unspecified atom stereocenters. The summed E-state index contributed by atoms with van der Waals surface area (Å²) in [5.74, 6) is 0.916. The Morgan fingerprint density at radius 3 is 2.68 bits per heavy atom. The van der Waals surface area contributed by atoms with Crippen LogP contribution in [0, 0.1) is 5.92 Å². The van der Waals surface area contributed by atoms with Gasteiger partial charge in [-0.1, -0.05) is 30.3 Å². The van der Waals surface area contributed by atoms with Gasteiger partial charge >= 0.3 is 0 Å². The highest BCUT2D eigenvalue weighted by Crippen LogP contribution is 2.39. The number of amides is 1. The SMILES string of the molecule is Cl.NCCOc1cccnc1C(=O)N1C[C@@H](c2ccccc2)O[C@@H](C2CC2)C1. The van der Waals surface area contributed by atoms with Crippen molar-refractivity contribution < 1.29 is 14.3 Å². The molecule has 2 aliphatic rings. The smallest absolute Gasteiger partial charge is 0.276 e. The zero-order chi connectivity index (χ0) is 18.6. The number of nitrogens with two attached hydrogens (primary N) is 1. The van der Waals surface area contributed by atoms with Crippen molar-refractivity contribution in [2.24, 2.45) is 11.7 Å². The number of hydrogen-bond acceptors (Lipinski definition) is 5. The number of hydrogen-bond donors (Lipinski definition) is 1. The Bertz CT molecular complexity index is 785. The second-order valence-electron chi connectivity index (χ2n) is 7.11. The molecule has 0 bridgehead atoms. The first-order chi connectivity index (χ1) is 13.3. The molecule has 1 aliphatic carbocycles. The highest BCUT2D eigenvalue weighted by atomic mass is 35.5. The van der Waals surface area contributed by atoms with Gasteiger partial charge in [-0.15, -0.1) is 12.4 Å². The third-order valence-corrected chi connectivity index (χ3v) is 5.08. The summed E-state index contributed by atoms with van der Waals surface area (Å²) in [5, 5.41) is 0. The molecule has 1 amide bonds. The molecule has 1 aliphatic heterocycles. The van der Waals surface area contributed by atoms with Crippen molar-refractivity contribution in [3.8, 4) is 5.75 Å². The average molecular weight is 404 g/mol. The van der Waals surface area contributed by atoms with Gasteiger partial charge in [0.2, 0.25) is 0 Å². The predicted octanol–water partition coefficient (Wildman–Crippen LogP) is 2.83. The fourth-order valence-electron chi connectivity index (χ4n) is 3.52. The molecule has 28 heavy (non-hydrogen) atoms. The first-order valence-corrected chi connectivity index (χ1v) is 9.54. The van der Waals surface area contributed by atoms with Crippen molar-refractivity contribution in [1.82, 2.24) is 9.88 Å². The number of carbonyl (C=O) groups excluding carboxylic acids is 1. The largest absolute Gasteiger partial charge is 0.490 e. The van der Waals surface area contributed by atoms with Gasteiger partial charge in [-0.3, -0.25) is 4.79 Å². The van der Waals surface area contributed by atoms with Crippen molar-refractivity contribution in [1.29, 1.82) is 0 Å². The van der Waals surface area contributed by atoms with Crippen LogP contribution in [0.1, 0.15) is 35.0 Å². The standard InChI is InChI=1S/C21H25N3O3.ClH/c22-10-12-26-17-7-4-11-23-20(17)21(25)24-13-18(15-5-2-1-3-6-15)27-19(14-24)16-8-9-16;/h1-7,11,16,18-19H,8-10,12-14,22H2;1H/t18-,19+;/m0./s1. The Labute approximate surface area is 171 Å². The van der Waals surface area contributed by atoms with Gasteiger partial charge in [0.05, 0.1) is 12.6 Å². The number of ether oxygens (including phenoxy) is 2. The number of carbonyl (C=O) groups is 1. The van der Waals surface area contributed by atoms with Crippen molar-refractivity contribution in [2.75, 3.05) is 26.2 Å². The summed E-state index contributed by atoms with van der Waals surface area (Å²) in [7, 11) is 0. The van der Waals surface area contributed by atoms with Crippen LogP contribution in [-0.4, -0.2) is 48.1 Å². The summed E-state index contributed by atoms with van der Waals surface area (Å²) in [4.78, 5) is 19.4. The van der Waals surface area contributed by atoms with Crippen LogP contribution >= 0.6 is 12.4 Å². The molecule has 2 heterocycles. The van der Waals surface area contributed by atoms with Crippen LogP contribution in [0.5, 0.6) is 5.75 Å². The lowest BCUT2D eigenvalue weighted by atomic mass is 10.0. The number of morpholine rings is 1. The van der Waals surface area contributed by atoms with Crippen LogP contribution in [0.3, 0.4) is 0 Å². The molecule has 1 saturated heterocycles.